The van der Waals surface area contributed by atoms with Crippen molar-refractivity contribution in [3.63, 3.8) is 0 Å². The molecular weight excluding hydrogens is 222 g/mol. The first-order valence-corrected chi connectivity index (χ1v) is 7.12. The Balaban J connectivity index is 2.11. The fourth-order valence-corrected chi connectivity index (χ4v) is 2.85. The lowest BCUT2D eigenvalue weighted by Crippen LogP contribution is -2.42. The van der Waals surface area contributed by atoms with Gasteiger partial charge in [-0.05, 0) is 49.9 Å². The summed E-state index contributed by atoms with van der Waals surface area (Å²) < 4.78 is 0. The van der Waals surface area contributed by atoms with Gasteiger partial charge in [-0.2, -0.15) is 0 Å². The zero-order valence-corrected chi connectivity index (χ0v) is 11.5. The van der Waals surface area contributed by atoms with Crippen molar-refractivity contribution in [2.45, 2.75) is 45.2 Å². The second kappa shape index (κ2) is 6.30. The molecule has 2 rings (SSSR count). The van der Waals surface area contributed by atoms with E-state index in [9.17, 15) is 0 Å². The van der Waals surface area contributed by atoms with Gasteiger partial charge in [0, 0.05) is 31.0 Å². The summed E-state index contributed by atoms with van der Waals surface area (Å²) >= 11 is 0. The van der Waals surface area contributed by atoms with Gasteiger partial charge in [-0.1, -0.05) is 13.3 Å². The van der Waals surface area contributed by atoms with Crippen molar-refractivity contribution >= 4 is 0 Å². The first-order chi connectivity index (χ1) is 8.72. The molecule has 2 N–H and O–H groups in total. The molecule has 3 heteroatoms. The van der Waals surface area contributed by atoms with E-state index in [0.29, 0.717) is 6.04 Å². The first-order valence-electron chi connectivity index (χ1n) is 7.12. The molecule has 100 valence electrons. The molecule has 0 aliphatic heterocycles. The highest BCUT2D eigenvalue weighted by atomic mass is 15.2. The van der Waals surface area contributed by atoms with E-state index in [1.54, 1.807) is 0 Å². The maximum absolute atomic E-state index is 6.22. The largest absolute Gasteiger partial charge is 0.326 e. The SMILES string of the molecule is CCN(CC1CCC1)C(c1ccncc1)C(C)N. The van der Waals surface area contributed by atoms with Crippen molar-refractivity contribution in [1.29, 1.82) is 0 Å². The molecule has 2 atom stereocenters. The third-order valence-corrected chi connectivity index (χ3v) is 4.06. The molecule has 3 nitrogen and oxygen atoms in total. The molecule has 1 saturated carbocycles. The van der Waals surface area contributed by atoms with E-state index in [2.05, 4.69) is 35.9 Å². The van der Waals surface area contributed by atoms with Crippen LogP contribution in [0.5, 0.6) is 0 Å². The van der Waals surface area contributed by atoms with Gasteiger partial charge >= 0.3 is 0 Å². The molecule has 1 aliphatic carbocycles. The minimum absolute atomic E-state index is 0.146. The molecule has 1 aliphatic rings. The van der Waals surface area contributed by atoms with Gasteiger partial charge in [0.1, 0.15) is 0 Å². The standard InChI is InChI=1S/C15H25N3/c1-3-18(11-13-5-4-6-13)15(12(2)16)14-7-9-17-10-8-14/h7-10,12-13,15H,3-6,11,16H2,1-2H3. The summed E-state index contributed by atoms with van der Waals surface area (Å²) in [7, 11) is 0. The normalized spacial score (nSPS) is 19.6. The predicted molar refractivity (Wildman–Crippen MR) is 75.2 cm³/mol. The van der Waals surface area contributed by atoms with Crippen LogP contribution in [-0.4, -0.2) is 29.0 Å². The van der Waals surface area contributed by atoms with Crippen molar-refractivity contribution < 1.29 is 0 Å². The topological polar surface area (TPSA) is 42.2 Å². The summed E-state index contributed by atoms with van der Waals surface area (Å²) in [6.07, 6.45) is 7.90. The second-order valence-electron chi connectivity index (χ2n) is 5.47. The number of likely N-dealkylation sites (N-methyl/N-ethyl adjacent to an activating group) is 1. The summed E-state index contributed by atoms with van der Waals surface area (Å²) in [4.78, 5) is 6.63. The van der Waals surface area contributed by atoms with Crippen LogP contribution < -0.4 is 5.73 Å². The van der Waals surface area contributed by atoms with E-state index < -0.39 is 0 Å². The Morgan fingerprint density at radius 2 is 2.06 bits per heavy atom. The Kier molecular flexibility index (Phi) is 4.72. The van der Waals surface area contributed by atoms with E-state index in [-0.39, 0.29) is 6.04 Å². The summed E-state index contributed by atoms with van der Waals surface area (Å²) in [5, 5.41) is 0. The third-order valence-electron chi connectivity index (χ3n) is 4.06. The van der Waals surface area contributed by atoms with Gasteiger partial charge in [0.2, 0.25) is 0 Å². The van der Waals surface area contributed by atoms with Crippen LogP contribution in [0.1, 0.15) is 44.7 Å². The van der Waals surface area contributed by atoms with Crippen molar-refractivity contribution in [3.8, 4) is 0 Å². The molecule has 1 aromatic rings. The monoisotopic (exact) mass is 247 g/mol. The Morgan fingerprint density at radius 3 is 2.50 bits per heavy atom. The van der Waals surface area contributed by atoms with Gasteiger partial charge in [-0.15, -0.1) is 0 Å². The minimum atomic E-state index is 0.146. The molecule has 0 bridgehead atoms. The van der Waals surface area contributed by atoms with Crippen LogP contribution >= 0.6 is 0 Å². The quantitative estimate of drug-likeness (QED) is 0.840. The summed E-state index contributed by atoms with van der Waals surface area (Å²) in [5.74, 6) is 0.882. The Hall–Kier alpha value is -0.930. The fraction of sp³-hybridized carbons (Fsp3) is 0.667. The second-order valence-corrected chi connectivity index (χ2v) is 5.47. The molecule has 1 aromatic heterocycles. The van der Waals surface area contributed by atoms with Gasteiger partial charge in [0.15, 0.2) is 0 Å². The number of hydrogen-bond donors (Lipinski definition) is 1. The van der Waals surface area contributed by atoms with Crippen molar-refractivity contribution in [2.75, 3.05) is 13.1 Å². The molecule has 0 radical (unpaired) electrons. The Labute approximate surface area is 110 Å². The predicted octanol–water partition coefficient (Wildman–Crippen LogP) is 2.59. The van der Waals surface area contributed by atoms with Crippen molar-refractivity contribution in [3.05, 3.63) is 30.1 Å². The lowest BCUT2D eigenvalue weighted by molar-refractivity contribution is 0.125. The summed E-state index contributed by atoms with van der Waals surface area (Å²) in [5.41, 5.74) is 7.51. The minimum Gasteiger partial charge on any atom is -0.326 e. The van der Waals surface area contributed by atoms with Gasteiger partial charge in [0.05, 0.1) is 0 Å². The lowest BCUT2D eigenvalue weighted by atomic mass is 9.84. The van der Waals surface area contributed by atoms with Crippen LogP contribution in [-0.2, 0) is 0 Å². The number of aromatic nitrogens is 1. The van der Waals surface area contributed by atoms with E-state index in [1.165, 1.54) is 31.4 Å². The zero-order chi connectivity index (χ0) is 13.0. The number of nitrogens with zero attached hydrogens (tertiary/aromatic N) is 2. The molecule has 0 aromatic carbocycles. The molecule has 18 heavy (non-hydrogen) atoms. The number of hydrogen-bond acceptors (Lipinski definition) is 3. The molecule has 2 unspecified atom stereocenters. The maximum atomic E-state index is 6.22. The highest BCUT2D eigenvalue weighted by Crippen LogP contribution is 2.31. The average molecular weight is 247 g/mol. The van der Waals surface area contributed by atoms with Crippen LogP contribution in [0.3, 0.4) is 0 Å². The van der Waals surface area contributed by atoms with E-state index in [1.807, 2.05) is 12.4 Å². The van der Waals surface area contributed by atoms with Gasteiger partial charge in [-0.25, -0.2) is 0 Å². The molecule has 0 spiro atoms. The maximum Gasteiger partial charge on any atom is 0.0497 e. The number of pyridine rings is 1. The van der Waals surface area contributed by atoms with Crippen LogP contribution in [0, 0.1) is 5.92 Å². The van der Waals surface area contributed by atoms with E-state index in [0.717, 1.165) is 12.5 Å². The highest BCUT2D eigenvalue weighted by molar-refractivity contribution is 5.17. The van der Waals surface area contributed by atoms with Crippen molar-refractivity contribution in [2.24, 2.45) is 11.7 Å². The van der Waals surface area contributed by atoms with Crippen LogP contribution in [0.25, 0.3) is 0 Å². The van der Waals surface area contributed by atoms with Gasteiger partial charge in [-0.3, -0.25) is 9.88 Å². The summed E-state index contributed by atoms with van der Waals surface area (Å²) in [6.45, 7) is 6.58. The van der Waals surface area contributed by atoms with Crippen molar-refractivity contribution in [1.82, 2.24) is 9.88 Å². The molecule has 0 amide bonds. The first kappa shape index (κ1) is 13.5. The van der Waals surface area contributed by atoms with E-state index in [4.69, 9.17) is 5.73 Å². The number of rotatable bonds is 6. The van der Waals surface area contributed by atoms with Gasteiger partial charge < -0.3 is 5.73 Å². The third kappa shape index (κ3) is 3.09. The Morgan fingerprint density at radius 1 is 1.39 bits per heavy atom. The molecular formula is C15H25N3. The Bertz CT molecular complexity index is 346. The molecule has 0 saturated heterocycles. The number of nitrogens with two attached hydrogens (primary N) is 1. The van der Waals surface area contributed by atoms with Crippen LogP contribution in [0.4, 0.5) is 0 Å². The zero-order valence-electron chi connectivity index (χ0n) is 11.5. The van der Waals surface area contributed by atoms with Gasteiger partial charge in [0.25, 0.3) is 0 Å². The van der Waals surface area contributed by atoms with Crippen LogP contribution in [0.15, 0.2) is 24.5 Å². The molecule has 1 heterocycles. The average Bonchev–Trinajstić information content (AvgIpc) is 2.32. The molecule has 1 fully saturated rings. The lowest BCUT2D eigenvalue weighted by Gasteiger charge is -2.38. The fourth-order valence-electron chi connectivity index (χ4n) is 2.85. The highest BCUT2D eigenvalue weighted by Gasteiger charge is 2.27. The van der Waals surface area contributed by atoms with E-state index >= 15 is 0 Å². The smallest absolute Gasteiger partial charge is 0.0497 e. The summed E-state index contributed by atoms with van der Waals surface area (Å²) in [6, 6.07) is 4.65. The van der Waals surface area contributed by atoms with Crippen LogP contribution in [0.2, 0.25) is 0 Å².